The summed E-state index contributed by atoms with van der Waals surface area (Å²) in [6, 6.07) is 6.92. The van der Waals surface area contributed by atoms with E-state index in [1.165, 1.54) is 19.6 Å². The van der Waals surface area contributed by atoms with Gasteiger partial charge in [0.1, 0.15) is 22.8 Å². The van der Waals surface area contributed by atoms with E-state index < -0.39 is 23.1 Å². The van der Waals surface area contributed by atoms with Crippen molar-refractivity contribution in [3.8, 4) is 16.9 Å². The highest BCUT2D eigenvalue weighted by Crippen LogP contribution is 2.72. The minimum atomic E-state index is -0.754. The van der Waals surface area contributed by atoms with Crippen LogP contribution < -0.4 is 4.90 Å². The summed E-state index contributed by atoms with van der Waals surface area (Å²) in [6.07, 6.45) is 8.23. The van der Waals surface area contributed by atoms with Crippen LogP contribution in [0.3, 0.4) is 0 Å². The summed E-state index contributed by atoms with van der Waals surface area (Å²) < 4.78 is 25.6. The number of aromatic nitrogens is 3. The third kappa shape index (κ3) is 8.67. The van der Waals surface area contributed by atoms with Crippen molar-refractivity contribution in [1.82, 2.24) is 19.7 Å². The maximum atomic E-state index is 14.0. The monoisotopic (exact) mass is 813 g/mol. The van der Waals surface area contributed by atoms with Crippen molar-refractivity contribution in [2.75, 3.05) is 38.8 Å². The molecule has 13 nitrogen and oxygen atoms in total. The lowest BCUT2D eigenvalue weighted by molar-refractivity contribution is -0.248. The fourth-order valence-corrected chi connectivity index (χ4v) is 11.6. The van der Waals surface area contributed by atoms with Gasteiger partial charge in [-0.25, -0.2) is 19.4 Å². The summed E-state index contributed by atoms with van der Waals surface area (Å²) >= 11 is 0. The Kier molecular flexibility index (Phi) is 10.7. The number of benzene rings is 1. The molecule has 13 heteroatoms. The van der Waals surface area contributed by atoms with Crippen LogP contribution in [0.4, 0.5) is 10.6 Å². The van der Waals surface area contributed by atoms with Gasteiger partial charge in [0.15, 0.2) is 5.69 Å². The van der Waals surface area contributed by atoms with Gasteiger partial charge in [-0.05, 0) is 139 Å². The van der Waals surface area contributed by atoms with Gasteiger partial charge in [-0.3, -0.25) is 4.68 Å². The number of rotatable bonds is 10. The predicted molar refractivity (Wildman–Crippen MR) is 223 cm³/mol. The van der Waals surface area contributed by atoms with Crippen LogP contribution >= 0.6 is 0 Å². The lowest BCUT2D eigenvalue weighted by Crippen LogP contribution is -2.64. The fourth-order valence-electron chi connectivity index (χ4n) is 11.6. The molecule has 8 rings (SSSR count). The minimum absolute atomic E-state index is 0.0402. The van der Waals surface area contributed by atoms with Crippen LogP contribution in [-0.4, -0.2) is 93.5 Å². The first-order chi connectivity index (χ1) is 27.4. The van der Waals surface area contributed by atoms with Crippen LogP contribution in [0.1, 0.15) is 132 Å². The number of carbonyl (C=O) groups is 3. The second kappa shape index (κ2) is 14.8. The van der Waals surface area contributed by atoms with Gasteiger partial charge in [-0.15, -0.1) is 0 Å². The summed E-state index contributed by atoms with van der Waals surface area (Å²) in [5.74, 6) is -0.316. The molecule has 59 heavy (non-hydrogen) atoms. The molecular formula is C46H63N5O8. The van der Waals surface area contributed by atoms with E-state index in [0.717, 1.165) is 49.9 Å². The summed E-state index contributed by atoms with van der Waals surface area (Å²) in [5.41, 5.74) is 2.96. The Morgan fingerprint density at radius 3 is 2.19 bits per heavy atom. The van der Waals surface area contributed by atoms with E-state index in [0.29, 0.717) is 60.7 Å². The molecule has 1 amide bonds. The molecule has 2 aromatic heterocycles. The average Bonchev–Trinajstić information content (AvgIpc) is 3.46. The number of likely N-dealkylation sites (N-methyl/N-ethyl adjacent to an activating group) is 1. The van der Waals surface area contributed by atoms with Crippen molar-refractivity contribution in [3.63, 3.8) is 0 Å². The van der Waals surface area contributed by atoms with Crippen molar-refractivity contribution in [2.24, 2.45) is 16.2 Å². The van der Waals surface area contributed by atoms with Crippen LogP contribution in [-0.2, 0) is 38.5 Å². The zero-order chi connectivity index (χ0) is 42.9. The number of hydrogen-bond acceptors (Lipinski definition) is 11. The molecule has 1 aliphatic heterocycles. The number of hydrogen-bond donors (Lipinski definition) is 1. The number of anilines is 1. The van der Waals surface area contributed by atoms with Crippen LogP contribution in [0.5, 0.6) is 5.75 Å². The highest BCUT2D eigenvalue weighted by atomic mass is 16.6. The number of phenols is 1. The number of ether oxygens (including phenoxy) is 4. The number of fused-ring (bicyclic) bond motifs is 1. The Hall–Kier alpha value is -4.65. The van der Waals surface area contributed by atoms with Gasteiger partial charge in [0.2, 0.25) is 0 Å². The molecule has 1 N–H and O–H groups in total. The number of carbonyl (C=O) groups excluding carboxylic acids is 3. The molecule has 0 radical (unpaired) electrons. The highest BCUT2D eigenvalue weighted by Gasteiger charge is 2.66. The van der Waals surface area contributed by atoms with Crippen LogP contribution in [0.15, 0.2) is 30.5 Å². The molecule has 1 aromatic carbocycles. The lowest BCUT2D eigenvalue weighted by Gasteiger charge is -2.69. The number of nitrogens with zero attached hydrogens (tertiary/aromatic N) is 5. The van der Waals surface area contributed by atoms with Gasteiger partial charge in [0.05, 0.1) is 31.1 Å². The molecule has 320 valence electrons. The van der Waals surface area contributed by atoms with E-state index in [9.17, 15) is 19.5 Å². The SMILES string of the molecule is COC(=O)c1ccc(O)c2c1CN(c1ccc(-c3cnn(CC45CC6(C)CC(C)(C4)CC(OCCN(C)C(=O)OC(C)(C)C)(C6)C5)c3C)c(C(=O)OC(C)(C)C)n1)CC2. The standard InChI is InChI=1S/C46H63N5O8/c1-29-33(31-13-15-36(48-37(31)39(54)58-41(2,3)4)50-17-16-30-34(21-50)32(38(53)56-11)12-14-35(30)52)20-47-51(29)28-45-23-43(8)22-44(9,24-45)26-46(25-43,27-45)57-19-18-49(10)40(55)59-42(5,6)7/h12-15,20,52H,16-19,21-28H2,1-11H3. The van der Waals surface area contributed by atoms with Gasteiger partial charge in [-0.2, -0.15) is 5.10 Å². The Morgan fingerprint density at radius 1 is 0.864 bits per heavy atom. The number of amides is 1. The Balaban J connectivity index is 1.16. The zero-order valence-electron chi connectivity index (χ0n) is 36.9. The maximum Gasteiger partial charge on any atom is 0.410 e. The summed E-state index contributed by atoms with van der Waals surface area (Å²) in [5, 5.41) is 15.6. The van der Waals surface area contributed by atoms with Gasteiger partial charge >= 0.3 is 18.0 Å². The molecule has 4 aliphatic carbocycles. The second-order valence-corrected chi connectivity index (χ2v) is 20.7. The minimum Gasteiger partial charge on any atom is -0.508 e. The van der Waals surface area contributed by atoms with E-state index in [4.69, 9.17) is 29.0 Å². The summed E-state index contributed by atoms with van der Waals surface area (Å²) in [6.45, 7) is 20.5. The third-order valence-electron chi connectivity index (χ3n) is 12.7. The Labute approximate surface area is 348 Å². The number of methoxy groups -OCH3 is 1. The normalized spacial score (nSPS) is 26.1. The van der Waals surface area contributed by atoms with Gasteiger partial charge in [0.25, 0.3) is 0 Å². The number of esters is 2. The average molecular weight is 814 g/mol. The van der Waals surface area contributed by atoms with E-state index in [2.05, 4.69) is 25.5 Å². The van der Waals surface area contributed by atoms with Crippen LogP contribution in [0.25, 0.3) is 11.1 Å². The first kappa shape index (κ1) is 42.5. The maximum absolute atomic E-state index is 14.0. The first-order valence-corrected chi connectivity index (χ1v) is 21.0. The molecule has 2 atom stereocenters. The van der Waals surface area contributed by atoms with Crippen molar-refractivity contribution >= 4 is 23.8 Å². The van der Waals surface area contributed by atoms with Crippen molar-refractivity contribution in [1.29, 1.82) is 0 Å². The molecule has 5 aliphatic rings. The molecule has 3 heterocycles. The van der Waals surface area contributed by atoms with Crippen molar-refractivity contribution < 1.29 is 38.4 Å². The topological polar surface area (TPSA) is 146 Å². The van der Waals surface area contributed by atoms with E-state index >= 15 is 0 Å². The molecule has 4 fully saturated rings. The molecular weight excluding hydrogens is 751 g/mol. The Morgan fingerprint density at radius 2 is 1.54 bits per heavy atom. The molecule has 0 spiro atoms. The van der Waals surface area contributed by atoms with Gasteiger partial charge in [0, 0.05) is 55.6 Å². The first-order valence-electron chi connectivity index (χ1n) is 21.0. The fraction of sp³-hybridized carbons (Fsp3) is 0.630. The Bertz CT molecular complexity index is 2130. The largest absolute Gasteiger partial charge is 0.508 e. The molecule has 0 saturated heterocycles. The highest BCUT2D eigenvalue weighted by molar-refractivity contribution is 5.96. The van der Waals surface area contributed by atoms with Crippen molar-refractivity contribution in [3.05, 3.63) is 58.5 Å². The number of phenolic OH excluding ortho intramolecular Hbond substituents is 1. The second-order valence-electron chi connectivity index (χ2n) is 20.7. The van der Waals surface area contributed by atoms with E-state index in [-0.39, 0.29) is 39.4 Å². The molecule has 4 saturated carbocycles. The smallest absolute Gasteiger partial charge is 0.410 e. The summed E-state index contributed by atoms with van der Waals surface area (Å²) in [4.78, 5) is 47.9. The summed E-state index contributed by atoms with van der Waals surface area (Å²) in [7, 11) is 3.10. The number of aromatic hydroxyl groups is 1. The van der Waals surface area contributed by atoms with E-state index in [1.807, 2.05) is 64.8 Å². The predicted octanol–water partition coefficient (Wildman–Crippen LogP) is 8.27. The van der Waals surface area contributed by atoms with E-state index in [1.54, 1.807) is 18.0 Å². The molecule has 3 aromatic rings. The third-order valence-corrected chi connectivity index (χ3v) is 12.7. The van der Waals surface area contributed by atoms with Gasteiger partial charge in [-0.1, -0.05) is 13.8 Å². The van der Waals surface area contributed by atoms with Crippen molar-refractivity contribution in [2.45, 2.75) is 137 Å². The zero-order valence-corrected chi connectivity index (χ0v) is 36.9. The number of pyridine rings is 1. The van der Waals surface area contributed by atoms with Gasteiger partial charge < -0.3 is 33.9 Å². The van der Waals surface area contributed by atoms with Crippen LogP contribution in [0, 0.1) is 23.2 Å². The molecule has 4 bridgehead atoms. The lowest BCUT2D eigenvalue weighted by atomic mass is 9.39. The van der Waals surface area contributed by atoms with Crippen LogP contribution in [0.2, 0.25) is 0 Å². The quantitative estimate of drug-likeness (QED) is 0.156. The molecule has 2 unspecified atom stereocenters.